The summed E-state index contributed by atoms with van der Waals surface area (Å²) in [6.07, 6.45) is 0. The Morgan fingerprint density at radius 2 is 1.12 bits per heavy atom. The Morgan fingerprint density at radius 3 is 2.04 bits per heavy atom. The SMILES string of the molecule is c1ccc(-c2nc(-c3cccc(-n4c5ccccc5c5ccc6c7ccccc7sc6c54)n3)nc(-c3cccc4ccccc34)n2)cc1. The fourth-order valence-corrected chi connectivity index (χ4v) is 8.13. The van der Waals surface area contributed by atoms with Crippen molar-refractivity contribution in [3.8, 4) is 40.1 Å². The third-order valence-electron chi connectivity index (χ3n) is 9.07. The summed E-state index contributed by atoms with van der Waals surface area (Å²) < 4.78 is 4.83. The molecule has 6 aromatic carbocycles. The van der Waals surface area contributed by atoms with Gasteiger partial charge >= 0.3 is 0 Å². The van der Waals surface area contributed by atoms with Gasteiger partial charge in [0.15, 0.2) is 17.5 Å². The fourth-order valence-electron chi connectivity index (χ4n) is 6.89. The monoisotopic (exact) mass is 631 g/mol. The Morgan fingerprint density at radius 1 is 0.438 bits per heavy atom. The van der Waals surface area contributed by atoms with Crippen LogP contribution in [-0.2, 0) is 0 Å². The van der Waals surface area contributed by atoms with E-state index in [0.29, 0.717) is 23.2 Å². The second-order valence-electron chi connectivity index (χ2n) is 11.9. The van der Waals surface area contributed by atoms with Crippen molar-refractivity contribution >= 4 is 64.1 Å². The maximum absolute atomic E-state index is 5.29. The molecule has 0 aliphatic carbocycles. The predicted molar refractivity (Wildman–Crippen MR) is 199 cm³/mol. The van der Waals surface area contributed by atoms with Crippen molar-refractivity contribution in [3.05, 3.63) is 152 Å². The molecule has 10 aromatic rings. The summed E-state index contributed by atoms with van der Waals surface area (Å²) in [5.74, 6) is 2.57. The molecule has 6 heteroatoms. The maximum atomic E-state index is 5.29. The molecule has 0 saturated heterocycles. The molecule has 0 spiro atoms. The van der Waals surface area contributed by atoms with E-state index in [9.17, 15) is 0 Å². The lowest BCUT2D eigenvalue weighted by molar-refractivity contribution is 1.04. The Kier molecular flexibility index (Phi) is 5.98. The van der Waals surface area contributed by atoms with Crippen molar-refractivity contribution in [3.63, 3.8) is 0 Å². The van der Waals surface area contributed by atoms with E-state index in [1.807, 2.05) is 53.8 Å². The lowest BCUT2D eigenvalue weighted by atomic mass is 10.0. The van der Waals surface area contributed by atoms with Crippen LogP contribution in [0, 0.1) is 0 Å². The summed E-state index contributed by atoms with van der Waals surface area (Å²) in [4.78, 5) is 20.4. The van der Waals surface area contributed by atoms with Gasteiger partial charge in [-0.3, -0.25) is 4.57 Å². The van der Waals surface area contributed by atoms with Gasteiger partial charge < -0.3 is 0 Å². The van der Waals surface area contributed by atoms with E-state index in [1.165, 1.54) is 30.9 Å². The van der Waals surface area contributed by atoms with Crippen molar-refractivity contribution in [1.82, 2.24) is 24.5 Å². The summed E-state index contributed by atoms with van der Waals surface area (Å²) in [5.41, 5.74) is 4.84. The van der Waals surface area contributed by atoms with Gasteiger partial charge in [-0.15, -0.1) is 11.3 Å². The molecule has 0 radical (unpaired) electrons. The van der Waals surface area contributed by atoms with E-state index in [4.69, 9.17) is 19.9 Å². The van der Waals surface area contributed by atoms with E-state index in [0.717, 1.165) is 38.8 Å². The molecule has 0 fully saturated rings. The third kappa shape index (κ3) is 4.16. The number of aromatic nitrogens is 5. The number of hydrogen-bond acceptors (Lipinski definition) is 5. The van der Waals surface area contributed by atoms with E-state index >= 15 is 0 Å². The van der Waals surface area contributed by atoms with Gasteiger partial charge in [0.1, 0.15) is 11.5 Å². The molecular weight excluding hydrogens is 607 g/mol. The summed E-state index contributed by atoms with van der Waals surface area (Å²) in [6.45, 7) is 0. The number of fused-ring (bicyclic) bond motifs is 8. The van der Waals surface area contributed by atoms with E-state index in [2.05, 4.69) is 114 Å². The highest BCUT2D eigenvalue weighted by Gasteiger charge is 2.20. The van der Waals surface area contributed by atoms with E-state index in [1.54, 1.807) is 0 Å². The van der Waals surface area contributed by atoms with Crippen molar-refractivity contribution in [2.75, 3.05) is 0 Å². The molecule has 0 atom stereocenters. The van der Waals surface area contributed by atoms with Crippen molar-refractivity contribution in [2.45, 2.75) is 0 Å². The maximum Gasteiger partial charge on any atom is 0.182 e. The second kappa shape index (κ2) is 10.7. The van der Waals surface area contributed by atoms with Gasteiger partial charge in [-0.05, 0) is 35.0 Å². The van der Waals surface area contributed by atoms with E-state index < -0.39 is 0 Å². The quantitative estimate of drug-likeness (QED) is 0.194. The molecule has 0 aliphatic rings. The number of pyridine rings is 1. The smallest absolute Gasteiger partial charge is 0.182 e. The minimum atomic E-state index is 0.529. The summed E-state index contributed by atoms with van der Waals surface area (Å²) >= 11 is 1.83. The van der Waals surface area contributed by atoms with Crippen LogP contribution in [0.15, 0.2) is 152 Å². The Hall–Kier alpha value is -6.24. The first-order valence-corrected chi connectivity index (χ1v) is 16.7. The van der Waals surface area contributed by atoms with Crippen molar-refractivity contribution in [1.29, 1.82) is 0 Å². The van der Waals surface area contributed by atoms with Crippen LogP contribution >= 0.6 is 11.3 Å². The lowest BCUT2D eigenvalue weighted by Gasteiger charge is -2.12. The largest absolute Gasteiger partial charge is 0.292 e. The first kappa shape index (κ1) is 26.9. The van der Waals surface area contributed by atoms with Gasteiger partial charge in [-0.25, -0.2) is 19.9 Å². The summed E-state index contributed by atoms with van der Waals surface area (Å²) in [5, 5.41) is 7.17. The number of benzene rings is 6. The summed E-state index contributed by atoms with van der Waals surface area (Å²) in [7, 11) is 0. The number of hydrogen-bond donors (Lipinski definition) is 0. The fraction of sp³-hybridized carbons (Fsp3) is 0. The molecular formula is C42H25N5S. The van der Waals surface area contributed by atoms with Crippen LogP contribution in [0.5, 0.6) is 0 Å². The Bertz CT molecular complexity index is 2850. The van der Waals surface area contributed by atoms with Gasteiger partial charge in [0.25, 0.3) is 0 Å². The molecule has 4 aromatic heterocycles. The Balaban J connectivity index is 1.23. The molecule has 4 heterocycles. The first-order chi connectivity index (χ1) is 23.8. The van der Waals surface area contributed by atoms with Crippen LogP contribution in [0.4, 0.5) is 0 Å². The summed E-state index contributed by atoms with van der Waals surface area (Å²) in [6, 6.07) is 52.5. The zero-order valence-corrected chi connectivity index (χ0v) is 26.4. The zero-order valence-electron chi connectivity index (χ0n) is 25.6. The van der Waals surface area contributed by atoms with Gasteiger partial charge in [0, 0.05) is 37.4 Å². The minimum Gasteiger partial charge on any atom is -0.292 e. The molecule has 10 rings (SSSR count). The minimum absolute atomic E-state index is 0.529. The van der Waals surface area contributed by atoms with Crippen LogP contribution < -0.4 is 0 Å². The standard InChI is InChI=1S/C42H25N5S/c1-2-13-27(14-3-1)40-44-41(33-19-10-15-26-12-4-5-16-28(26)33)46-42(45-40)34-20-11-23-37(43-34)47-35-21-8-6-17-29(35)31-24-25-32-30-18-7-9-22-36(30)48-39(32)38(31)47/h1-25H. The highest BCUT2D eigenvalue weighted by atomic mass is 32.1. The third-order valence-corrected chi connectivity index (χ3v) is 10.3. The van der Waals surface area contributed by atoms with Crippen LogP contribution in [0.1, 0.15) is 0 Å². The molecule has 0 unspecified atom stereocenters. The number of rotatable bonds is 4. The Labute approximate surface area is 279 Å². The number of thiophene rings is 1. The van der Waals surface area contributed by atoms with Crippen LogP contribution in [0.2, 0.25) is 0 Å². The molecule has 0 amide bonds. The van der Waals surface area contributed by atoms with Crippen LogP contribution in [0.25, 0.3) is 92.9 Å². The zero-order chi connectivity index (χ0) is 31.6. The predicted octanol–water partition coefficient (Wildman–Crippen LogP) is 10.9. The van der Waals surface area contributed by atoms with Crippen LogP contribution in [0.3, 0.4) is 0 Å². The van der Waals surface area contributed by atoms with Gasteiger partial charge in [0.2, 0.25) is 0 Å². The van der Waals surface area contributed by atoms with Crippen molar-refractivity contribution in [2.24, 2.45) is 0 Å². The number of para-hydroxylation sites is 1. The molecule has 48 heavy (non-hydrogen) atoms. The molecule has 0 N–H and O–H groups in total. The molecule has 0 saturated carbocycles. The van der Waals surface area contributed by atoms with E-state index in [-0.39, 0.29) is 0 Å². The topological polar surface area (TPSA) is 56.5 Å². The lowest BCUT2D eigenvalue weighted by Crippen LogP contribution is -2.03. The average Bonchev–Trinajstić information content (AvgIpc) is 3.71. The molecule has 0 aliphatic heterocycles. The first-order valence-electron chi connectivity index (χ1n) is 15.9. The highest BCUT2D eigenvalue weighted by molar-refractivity contribution is 7.26. The van der Waals surface area contributed by atoms with Gasteiger partial charge in [-0.2, -0.15) is 0 Å². The second-order valence-corrected chi connectivity index (χ2v) is 12.9. The molecule has 0 bridgehead atoms. The van der Waals surface area contributed by atoms with Gasteiger partial charge in [-0.1, -0.05) is 127 Å². The number of nitrogens with zero attached hydrogens (tertiary/aromatic N) is 5. The normalized spacial score (nSPS) is 11.8. The van der Waals surface area contributed by atoms with Gasteiger partial charge in [0.05, 0.1) is 15.7 Å². The molecule has 5 nitrogen and oxygen atoms in total. The molecule has 224 valence electrons. The average molecular weight is 632 g/mol. The van der Waals surface area contributed by atoms with Crippen molar-refractivity contribution < 1.29 is 0 Å². The highest BCUT2D eigenvalue weighted by Crippen LogP contribution is 2.42. The van der Waals surface area contributed by atoms with Crippen LogP contribution in [-0.4, -0.2) is 24.5 Å².